The van der Waals surface area contributed by atoms with Gasteiger partial charge in [0.15, 0.2) is 0 Å². The van der Waals surface area contributed by atoms with Crippen LogP contribution in [0.1, 0.15) is 18.0 Å². The molecular weight excluding hydrogens is 262 g/mol. The molecule has 0 radical (unpaired) electrons. The van der Waals surface area contributed by atoms with E-state index in [-0.39, 0.29) is 0 Å². The Labute approximate surface area is 117 Å². The highest BCUT2D eigenvalue weighted by atomic mass is 32.2. The van der Waals surface area contributed by atoms with Gasteiger partial charge in [-0.1, -0.05) is 18.2 Å². The van der Waals surface area contributed by atoms with Gasteiger partial charge in [-0.2, -0.15) is 23.5 Å². The molecule has 2 unspecified atom stereocenters. The molecule has 2 heterocycles. The number of hydrogen-bond acceptors (Lipinski definition) is 4. The number of benzene rings is 1. The summed E-state index contributed by atoms with van der Waals surface area (Å²) in [5, 5.41) is 4.51. The van der Waals surface area contributed by atoms with Crippen molar-refractivity contribution in [3.05, 3.63) is 29.8 Å². The minimum atomic E-state index is 0.475. The smallest absolute Gasteiger partial charge is 0.124 e. The fraction of sp³-hybridized carbons (Fsp3) is 0.571. The molecule has 18 heavy (non-hydrogen) atoms. The first-order chi connectivity index (χ1) is 8.93. The lowest BCUT2D eigenvalue weighted by molar-refractivity contribution is 0.253. The summed E-state index contributed by atoms with van der Waals surface area (Å²) in [5.74, 6) is 4.98. The van der Waals surface area contributed by atoms with Gasteiger partial charge >= 0.3 is 0 Å². The molecule has 2 aliphatic heterocycles. The lowest BCUT2D eigenvalue weighted by atomic mass is 10.0. The lowest BCUT2D eigenvalue weighted by Gasteiger charge is -2.29. The number of hydrogen-bond donors (Lipinski definition) is 1. The summed E-state index contributed by atoms with van der Waals surface area (Å²) in [7, 11) is 0. The van der Waals surface area contributed by atoms with E-state index in [0.717, 1.165) is 30.6 Å². The van der Waals surface area contributed by atoms with E-state index >= 15 is 0 Å². The van der Waals surface area contributed by atoms with Gasteiger partial charge in [0, 0.05) is 47.1 Å². The zero-order chi connectivity index (χ0) is 12.2. The van der Waals surface area contributed by atoms with Gasteiger partial charge in [-0.05, 0) is 6.07 Å². The first-order valence-corrected chi connectivity index (χ1v) is 8.78. The van der Waals surface area contributed by atoms with Crippen LogP contribution in [0.4, 0.5) is 0 Å². The normalized spacial score (nSPS) is 27.3. The monoisotopic (exact) mass is 281 g/mol. The molecule has 0 bridgehead atoms. The molecule has 1 aromatic carbocycles. The number of rotatable bonds is 3. The standard InChI is InChI=1S/C14H19NOS2/c1-2-4-14-12(3-1)13(5-6-16-14)15-9-11-10-17-7-8-18-11/h1-4,11,13,15H,5-10H2. The zero-order valence-electron chi connectivity index (χ0n) is 10.4. The Morgan fingerprint density at radius 2 is 2.22 bits per heavy atom. The Kier molecular flexibility index (Phi) is 4.39. The maximum atomic E-state index is 5.70. The molecule has 0 aromatic heterocycles. The van der Waals surface area contributed by atoms with Crippen LogP contribution < -0.4 is 10.1 Å². The predicted octanol–water partition coefficient (Wildman–Crippen LogP) is 2.95. The van der Waals surface area contributed by atoms with Crippen molar-refractivity contribution in [2.75, 3.05) is 30.4 Å². The SMILES string of the molecule is c1ccc2c(c1)OCCC2NCC1CSCCS1. The highest BCUT2D eigenvalue weighted by Crippen LogP contribution is 2.32. The Hall–Kier alpha value is -0.320. The van der Waals surface area contributed by atoms with Crippen LogP contribution >= 0.6 is 23.5 Å². The zero-order valence-corrected chi connectivity index (χ0v) is 12.1. The Balaban J connectivity index is 1.60. The fourth-order valence-electron chi connectivity index (χ4n) is 2.48. The van der Waals surface area contributed by atoms with Gasteiger partial charge in [0.2, 0.25) is 0 Å². The van der Waals surface area contributed by atoms with Gasteiger partial charge in [-0.25, -0.2) is 0 Å². The summed E-state index contributed by atoms with van der Waals surface area (Å²) in [6.45, 7) is 1.96. The molecule has 2 aliphatic rings. The predicted molar refractivity (Wildman–Crippen MR) is 80.9 cm³/mol. The maximum absolute atomic E-state index is 5.70. The van der Waals surface area contributed by atoms with Crippen LogP contribution in [-0.4, -0.2) is 35.7 Å². The van der Waals surface area contributed by atoms with Gasteiger partial charge in [0.05, 0.1) is 6.61 Å². The number of para-hydroxylation sites is 1. The summed E-state index contributed by atoms with van der Waals surface area (Å²) >= 11 is 4.21. The van der Waals surface area contributed by atoms with Crippen LogP contribution in [0.3, 0.4) is 0 Å². The molecule has 3 rings (SSSR count). The van der Waals surface area contributed by atoms with Crippen LogP contribution in [0.2, 0.25) is 0 Å². The van der Waals surface area contributed by atoms with Crippen LogP contribution in [0.25, 0.3) is 0 Å². The maximum Gasteiger partial charge on any atom is 0.124 e. The molecule has 0 amide bonds. The van der Waals surface area contributed by atoms with Crippen molar-refractivity contribution in [2.45, 2.75) is 17.7 Å². The molecule has 1 saturated heterocycles. The molecule has 4 heteroatoms. The summed E-state index contributed by atoms with van der Waals surface area (Å²) in [6, 6.07) is 8.90. The largest absolute Gasteiger partial charge is 0.493 e. The third-order valence-electron chi connectivity index (χ3n) is 3.44. The first-order valence-electron chi connectivity index (χ1n) is 6.58. The summed E-state index contributed by atoms with van der Waals surface area (Å²) in [4.78, 5) is 0. The molecule has 0 spiro atoms. The summed E-state index contributed by atoms with van der Waals surface area (Å²) in [5.41, 5.74) is 1.33. The average Bonchev–Trinajstić information content (AvgIpc) is 2.46. The van der Waals surface area contributed by atoms with Crippen molar-refractivity contribution in [1.82, 2.24) is 5.32 Å². The third kappa shape index (κ3) is 2.98. The van der Waals surface area contributed by atoms with E-state index in [1.807, 2.05) is 0 Å². The van der Waals surface area contributed by atoms with Crippen molar-refractivity contribution in [2.24, 2.45) is 0 Å². The second-order valence-corrected chi connectivity index (χ2v) is 7.26. The van der Waals surface area contributed by atoms with Crippen molar-refractivity contribution >= 4 is 23.5 Å². The molecular formula is C14H19NOS2. The van der Waals surface area contributed by atoms with Gasteiger partial charge in [0.1, 0.15) is 5.75 Å². The number of nitrogens with one attached hydrogen (secondary N) is 1. The third-order valence-corrected chi connectivity index (χ3v) is 6.28. The van der Waals surface area contributed by atoms with Gasteiger partial charge in [-0.3, -0.25) is 0 Å². The Morgan fingerprint density at radius 3 is 3.11 bits per heavy atom. The topological polar surface area (TPSA) is 21.3 Å². The van der Waals surface area contributed by atoms with Crippen molar-refractivity contribution in [1.29, 1.82) is 0 Å². The van der Waals surface area contributed by atoms with Crippen LogP contribution in [0, 0.1) is 0 Å². The van der Waals surface area contributed by atoms with Crippen molar-refractivity contribution < 1.29 is 4.74 Å². The molecule has 1 fully saturated rings. The Bertz CT molecular complexity index is 393. The quantitative estimate of drug-likeness (QED) is 0.919. The molecule has 1 aromatic rings. The Morgan fingerprint density at radius 1 is 1.28 bits per heavy atom. The highest BCUT2D eigenvalue weighted by Gasteiger charge is 2.22. The summed E-state index contributed by atoms with van der Waals surface area (Å²) < 4.78 is 5.70. The second-order valence-electron chi connectivity index (χ2n) is 4.70. The van der Waals surface area contributed by atoms with Crippen molar-refractivity contribution in [3.8, 4) is 5.75 Å². The number of fused-ring (bicyclic) bond motifs is 1. The molecule has 2 nitrogen and oxygen atoms in total. The van der Waals surface area contributed by atoms with E-state index in [2.05, 4.69) is 53.1 Å². The van der Waals surface area contributed by atoms with Gasteiger partial charge in [-0.15, -0.1) is 0 Å². The first kappa shape index (κ1) is 12.7. The van der Waals surface area contributed by atoms with Crippen LogP contribution in [-0.2, 0) is 0 Å². The molecule has 2 atom stereocenters. The van der Waals surface area contributed by atoms with E-state index in [9.17, 15) is 0 Å². The molecule has 0 saturated carbocycles. The fourth-order valence-corrected chi connectivity index (χ4v) is 5.11. The average molecular weight is 281 g/mol. The van der Waals surface area contributed by atoms with Gasteiger partial charge < -0.3 is 10.1 Å². The van der Waals surface area contributed by atoms with E-state index in [0.29, 0.717) is 6.04 Å². The van der Waals surface area contributed by atoms with Crippen LogP contribution in [0.5, 0.6) is 5.75 Å². The van der Waals surface area contributed by atoms with E-state index in [1.54, 1.807) is 0 Å². The summed E-state index contributed by atoms with van der Waals surface area (Å²) in [6.07, 6.45) is 1.08. The number of thioether (sulfide) groups is 2. The highest BCUT2D eigenvalue weighted by molar-refractivity contribution is 8.06. The molecule has 0 aliphatic carbocycles. The van der Waals surface area contributed by atoms with Crippen LogP contribution in [0.15, 0.2) is 24.3 Å². The van der Waals surface area contributed by atoms with Gasteiger partial charge in [0.25, 0.3) is 0 Å². The minimum Gasteiger partial charge on any atom is -0.493 e. The number of ether oxygens (including phenoxy) is 1. The second kappa shape index (κ2) is 6.22. The minimum absolute atomic E-state index is 0.475. The van der Waals surface area contributed by atoms with E-state index < -0.39 is 0 Å². The van der Waals surface area contributed by atoms with Crippen molar-refractivity contribution in [3.63, 3.8) is 0 Å². The van der Waals surface area contributed by atoms with E-state index in [4.69, 9.17) is 4.74 Å². The molecule has 98 valence electrons. The molecule has 1 N–H and O–H groups in total. The van der Waals surface area contributed by atoms with E-state index in [1.165, 1.54) is 22.8 Å². The lowest BCUT2D eigenvalue weighted by Crippen LogP contribution is -2.34.